The van der Waals surface area contributed by atoms with Gasteiger partial charge in [-0.15, -0.1) is 11.3 Å². The van der Waals surface area contributed by atoms with Crippen LogP contribution in [-0.2, 0) is 6.42 Å². The smallest absolute Gasteiger partial charge is 0.0635 e. The first-order valence-electron chi connectivity index (χ1n) is 5.71. The van der Waals surface area contributed by atoms with E-state index in [0.717, 1.165) is 24.2 Å². The number of hydrogen-bond acceptors (Lipinski definition) is 4. The van der Waals surface area contributed by atoms with E-state index in [1.807, 2.05) is 25.1 Å². The molecule has 0 aromatic carbocycles. The van der Waals surface area contributed by atoms with Crippen LogP contribution in [0.25, 0.3) is 0 Å². The third kappa shape index (κ3) is 3.36. The van der Waals surface area contributed by atoms with Gasteiger partial charge in [0, 0.05) is 10.6 Å². The first kappa shape index (κ1) is 12.2. The fourth-order valence-corrected chi connectivity index (χ4v) is 2.54. The number of hydrazine groups is 1. The van der Waals surface area contributed by atoms with E-state index in [2.05, 4.69) is 27.9 Å². The van der Waals surface area contributed by atoms with Crippen LogP contribution in [0.5, 0.6) is 0 Å². The normalized spacial score (nSPS) is 12.6. The minimum Gasteiger partial charge on any atom is -0.271 e. The molecule has 3 nitrogen and oxygen atoms in total. The number of pyridine rings is 1. The summed E-state index contributed by atoms with van der Waals surface area (Å²) in [5.74, 6) is 5.61. The first-order chi connectivity index (χ1) is 8.29. The molecule has 0 saturated heterocycles. The van der Waals surface area contributed by atoms with Crippen molar-refractivity contribution < 1.29 is 0 Å². The lowest BCUT2D eigenvalue weighted by Gasteiger charge is -2.15. The van der Waals surface area contributed by atoms with Gasteiger partial charge >= 0.3 is 0 Å². The van der Waals surface area contributed by atoms with Crippen LogP contribution in [0.1, 0.15) is 28.7 Å². The number of nitrogens with one attached hydrogen (secondary N) is 1. The van der Waals surface area contributed by atoms with Crippen molar-refractivity contribution in [2.24, 2.45) is 5.84 Å². The van der Waals surface area contributed by atoms with E-state index in [9.17, 15) is 0 Å². The maximum atomic E-state index is 5.61. The Balaban J connectivity index is 2.01. The summed E-state index contributed by atoms with van der Waals surface area (Å²) >= 11 is 1.78. The average Bonchev–Trinajstić information content (AvgIpc) is 2.83. The highest BCUT2D eigenvalue weighted by molar-refractivity contribution is 7.09. The van der Waals surface area contributed by atoms with Crippen LogP contribution in [0.3, 0.4) is 0 Å². The molecule has 2 aromatic rings. The summed E-state index contributed by atoms with van der Waals surface area (Å²) in [6.45, 7) is 2.00. The van der Waals surface area contributed by atoms with E-state index in [1.54, 1.807) is 11.3 Å². The summed E-state index contributed by atoms with van der Waals surface area (Å²) in [4.78, 5) is 5.89. The highest BCUT2D eigenvalue weighted by atomic mass is 32.1. The molecule has 0 aliphatic carbocycles. The van der Waals surface area contributed by atoms with Crippen LogP contribution in [0.15, 0.2) is 35.7 Å². The number of rotatable bonds is 5. The molecule has 0 saturated carbocycles. The molecule has 0 fully saturated rings. The van der Waals surface area contributed by atoms with Crippen molar-refractivity contribution in [3.8, 4) is 0 Å². The summed E-state index contributed by atoms with van der Waals surface area (Å²) in [6.07, 6.45) is 2.00. The van der Waals surface area contributed by atoms with E-state index < -0.39 is 0 Å². The van der Waals surface area contributed by atoms with Gasteiger partial charge in [-0.1, -0.05) is 12.1 Å². The van der Waals surface area contributed by atoms with E-state index in [-0.39, 0.29) is 6.04 Å². The lowest BCUT2D eigenvalue weighted by Crippen LogP contribution is -2.29. The summed E-state index contributed by atoms with van der Waals surface area (Å²) < 4.78 is 0. The predicted molar refractivity (Wildman–Crippen MR) is 71.7 cm³/mol. The van der Waals surface area contributed by atoms with Gasteiger partial charge in [0.05, 0.1) is 11.7 Å². The predicted octanol–water partition coefficient (Wildman–Crippen LogP) is 2.59. The van der Waals surface area contributed by atoms with Crippen LogP contribution in [0.4, 0.5) is 0 Å². The van der Waals surface area contributed by atoms with Crippen LogP contribution in [-0.4, -0.2) is 4.98 Å². The molecule has 0 aliphatic rings. The second-order valence-electron chi connectivity index (χ2n) is 4.04. The molecular formula is C13H17N3S. The largest absolute Gasteiger partial charge is 0.271 e. The molecule has 2 rings (SSSR count). The topological polar surface area (TPSA) is 50.9 Å². The van der Waals surface area contributed by atoms with Crippen LogP contribution < -0.4 is 11.3 Å². The zero-order valence-corrected chi connectivity index (χ0v) is 10.7. The van der Waals surface area contributed by atoms with Gasteiger partial charge in [-0.3, -0.25) is 16.3 Å². The van der Waals surface area contributed by atoms with Crippen molar-refractivity contribution in [3.63, 3.8) is 0 Å². The minimum atomic E-state index is 0.122. The molecule has 2 heterocycles. The summed E-state index contributed by atoms with van der Waals surface area (Å²) in [5.41, 5.74) is 4.89. The fourth-order valence-electron chi connectivity index (χ4n) is 1.82. The van der Waals surface area contributed by atoms with Crippen molar-refractivity contribution in [1.82, 2.24) is 10.4 Å². The Labute approximate surface area is 106 Å². The number of nitrogens with two attached hydrogens (primary N) is 1. The number of thiophene rings is 1. The molecule has 17 heavy (non-hydrogen) atoms. The molecule has 4 heteroatoms. The third-order valence-electron chi connectivity index (χ3n) is 2.73. The van der Waals surface area contributed by atoms with E-state index in [1.165, 1.54) is 4.88 Å². The molecule has 0 amide bonds. The Bertz CT molecular complexity index is 453. The maximum Gasteiger partial charge on any atom is 0.0635 e. The van der Waals surface area contributed by atoms with Gasteiger partial charge in [-0.05, 0) is 43.3 Å². The average molecular weight is 247 g/mol. The monoisotopic (exact) mass is 247 g/mol. The first-order valence-corrected chi connectivity index (χ1v) is 6.59. The number of aryl methyl sites for hydroxylation is 2. The Hall–Kier alpha value is -1.23. The Kier molecular flexibility index (Phi) is 4.25. The minimum absolute atomic E-state index is 0.122. The molecule has 0 aliphatic heterocycles. The van der Waals surface area contributed by atoms with Gasteiger partial charge in [0.1, 0.15) is 0 Å². The van der Waals surface area contributed by atoms with Crippen molar-refractivity contribution in [2.45, 2.75) is 25.8 Å². The van der Waals surface area contributed by atoms with Crippen molar-refractivity contribution in [3.05, 3.63) is 52.0 Å². The Morgan fingerprint density at radius 2 is 2.24 bits per heavy atom. The molecule has 90 valence electrons. The highest BCUT2D eigenvalue weighted by Gasteiger charge is 2.11. The lowest BCUT2D eigenvalue weighted by molar-refractivity contribution is 0.505. The van der Waals surface area contributed by atoms with Gasteiger partial charge in [0.2, 0.25) is 0 Å². The number of aromatic nitrogens is 1. The molecule has 0 bridgehead atoms. The summed E-state index contributed by atoms with van der Waals surface area (Å²) in [5, 5.41) is 2.10. The van der Waals surface area contributed by atoms with Crippen molar-refractivity contribution in [1.29, 1.82) is 0 Å². The van der Waals surface area contributed by atoms with Gasteiger partial charge in [-0.25, -0.2) is 0 Å². The quantitative estimate of drug-likeness (QED) is 0.630. The zero-order valence-electron chi connectivity index (χ0n) is 9.89. The molecule has 0 spiro atoms. The second kappa shape index (κ2) is 5.91. The Morgan fingerprint density at radius 1 is 1.35 bits per heavy atom. The van der Waals surface area contributed by atoms with E-state index >= 15 is 0 Å². The molecule has 1 unspecified atom stereocenters. The highest BCUT2D eigenvalue weighted by Crippen LogP contribution is 2.19. The van der Waals surface area contributed by atoms with Crippen LogP contribution in [0.2, 0.25) is 0 Å². The van der Waals surface area contributed by atoms with E-state index in [4.69, 9.17) is 5.84 Å². The van der Waals surface area contributed by atoms with Gasteiger partial charge < -0.3 is 0 Å². The van der Waals surface area contributed by atoms with Gasteiger partial charge in [0.15, 0.2) is 0 Å². The van der Waals surface area contributed by atoms with Gasteiger partial charge in [-0.2, -0.15) is 0 Å². The summed E-state index contributed by atoms with van der Waals surface area (Å²) in [7, 11) is 0. The van der Waals surface area contributed by atoms with Crippen molar-refractivity contribution in [2.75, 3.05) is 0 Å². The SMILES string of the molecule is Cc1cccc(C(CCc2cccs2)NN)n1. The molecular weight excluding hydrogens is 230 g/mol. The molecule has 3 N–H and O–H groups in total. The second-order valence-corrected chi connectivity index (χ2v) is 5.07. The zero-order chi connectivity index (χ0) is 12.1. The van der Waals surface area contributed by atoms with Crippen molar-refractivity contribution >= 4 is 11.3 Å². The maximum absolute atomic E-state index is 5.61. The third-order valence-corrected chi connectivity index (χ3v) is 3.66. The number of nitrogens with zero attached hydrogens (tertiary/aromatic N) is 1. The molecule has 2 aromatic heterocycles. The standard InChI is InChI=1S/C13H17N3S/c1-10-4-2-6-12(15-10)13(16-14)8-7-11-5-3-9-17-11/h2-6,9,13,16H,7-8,14H2,1H3. The molecule has 0 radical (unpaired) electrons. The lowest BCUT2D eigenvalue weighted by atomic mass is 10.1. The fraction of sp³-hybridized carbons (Fsp3) is 0.308. The van der Waals surface area contributed by atoms with Crippen LogP contribution in [0, 0.1) is 6.92 Å². The summed E-state index contributed by atoms with van der Waals surface area (Å²) in [6, 6.07) is 10.4. The molecule has 1 atom stereocenters. The van der Waals surface area contributed by atoms with Gasteiger partial charge in [0.25, 0.3) is 0 Å². The Morgan fingerprint density at radius 3 is 2.88 bits per heavy atom. The van der Waals surface area contributed by atoms with E-state index in [0.29, 0.717) is 0 Å². The van der Waals surface area contributed by atoms with Crippen LogP contribution >= 0.6 is 11.3 Å². The number of hydrogen-bond donors (Lipinski definition) is 2.